The largest absolute Gasteiger partial charge is 0.505 e. The number of amides is 1. The normalized spacial score (nSPS) is 13.2. The fourth-order valence-electron chi connectivity index (χ4n) is 3.78. The minimum Gasteiger partial charge on any atom is -0.505 e. The number of benzene rings is 2. The number of pyridine rings is 1. The number of nitrogens with one attached hydrogen (secondary N) is 1. The molecule has 0 saturated carbocycles. The van der Waals surface area contributed by atoms with Crippen molar-refractivity contribution < 1.29 is 14.6 Å². The van der Waals surface area contributed by atoms with Crippen molar-refractivity contribution >= 4 is 28.4 Å². The molecule has 0 radical (unpaired) electrons. The maximum Gasteiger partial charge on any atom is 0.258 e. The van der Waals surface area contributed by atoms with Crippen molar-refractivity contribution in [3.63, 3.8) is 0 Å². The Kier molecular flexibility index (Phi) is 9.29. The van der Waals surface area contributed by atoms with Gasteiger partial charge >= 0.3 is 0 Å². The summed E-state index contributed by atoms with van der Waals surface area (Å²) in [4.78, 5) is 19.2. The average Bonchev–Trinajstić information content (AvgIpc) is 2.84. The van der Waals surface area contributed by atoms with E-state index in [9.17, 15) is 9.90 Å². The summed E-state index contributed by atoms with van der Waals surface area (Å²) in [5.74, 6) is 0.431. The first-order chi connectivity index (χ1) is 16.7. The van der Waals surface area contributed by atoms with Gasteiger partial charge in [0.05, 0.1) is 11.1 Å². The second kappa shape index (κ2) is 12.4. The number of hydrogen-bond donors (Lipinski definition) is 2. The van der Waals surface area contributed by atoms with Gasteiger partial charge in [0.25, 0.3) is 5.91 Å². The molecule has 7 heteroatoms. The Labute approximate surface area is 211 Å². The van der Waals surface area contributed by atoms with Crippen molar-refractivity contribution in [2.45, 2.75) is 26.3 Å². The average molecular weight is 494 g/mol. The Bertz CT molecular complexity index is 1220. The number of phenolic OH excluding ortho intramolecular Hbond substituents is 1. The van der Waals surface area contributed by atoms with E-state index in [1.807, 2.05) is 57.4 Å². The zero-order valence-electron chi connectivity index (χ0n) is 20.6. The van der Waals surface area contributed by atoms with Crippen molar-refractivity contribution in [3.05, 3.63) is 88.6 Å². The van der Waals surface area contributed by atoms with Gasteiger partial charge in [0.2, 0.25) is 0 Å². The van der Waals surface area contributed by atoms with Crippen molar-refractivity contribution in [2.75, 3.05) is 27.2 Å². The van der Waals surface area contributed by atoms with E-state index in [1.54, 1.807) is 30.5 Å². The standard InChI is InChI=1S/C28H32ClN3O3/c1-19(17-32(3)4)12-13-20(2)25(31-26(33)18-35-22-9-6-5-7-10-22)16-21-15-24(29)23-11-8-14-30-27(23)28(21)34/h5-15,25,34H,16-18H2,1-4H3,(H,31,33)/b19-12+,20-13+. The van der Waals surface area contributed by atoms with Crippen molar-refractivity contribution in [1.29, 1.82) is 0 Å². The quantitative estimate of drug-likeness (QED) is 0.382. The number of fused-ring (bicyclic) bond motifs is 1. The molecule has 184 valence electrons. The molecule has 0 aliphatic carbocycles. The number of carbonyl (C=O) groups excluding carboxylic acids is 1. The summed E-state index contributed by atoms with van der Waals surface area (Å²) in [6, 6.07) is 14.1. The Hall–Kier alpha value is -3.35. The van der Waals surface area contributed by atoms with Gasteiger partial charge in [0, 0.05) is 30.1 Å². The molecule has 2 N–H and O–H groups in total. The van der Waals surface area contributed by atoms with E-state index in [4.69, 9.17) is 16.3 Å². The molecular formula is C28H32ClN3O3. The molecule has 1 aromatic heterocycles. The van der Waals surface area contributed by atoms with E-state index in [2.05, 4.69) is 22.1 Å². The molecule has 0 aliphatic rings. The van der Waals surface area contributed by atoms with Gasteiger partial charge in [-0.25, -0.2) is 0 Å². The summed E-state index contributed by atoms with van der Waals surface area (Å²) >= 11 is 6.48. The fraction of sp³-hybridized carbons (Fsp3) is 0.286. The van der Waals surface area contributed by atoms with Gasteiger partial charge in [0.1, 0.15) is 17.0 Å². The van der Waals surface area contributed by atoms with Crippen molar-refractivity contribution in [2.24, 2.45) is 0 Å². The smallest absolute Gasteiger partial charge is 0.258 e. The third kappa shape index (κ3) is 7.57. The van der Waals surface area contributed by atoms with Crippen LogP contribution in [0.4, 0.5) is 0 Å². The molecule has 0 saturated heterocycles. The Morgan fingerprint density at radius 2 is 1.91 bits per heavy atom. The van der Waals surface area contributed by atoms with Gasteiger partial charge in [0.15, 0.2) is 6.61 Å². The topological polar surface area (TPSA) is 74.7 Å². The summed E-state index contributed by atoms with van der Waals surface area (Å²) in [6.45, 7) is 4.74. The molecule has 2 aromatic carbocycles. The number of para-hydroxylation sites is 1. The number of rotatable bonds is 10. The fourth-order valence-corrected chi connectivity index (χ4v) is 4.07. The number of aromatic hydroxyl groups is 1. The van der Waals surface area contributed by atoms with Gasteiger partial charge < -0.3 is 20.1 Å². The van der Waals surface area contributed by atoms with E-state index >= 15 is 0 Å². The highest BCUT2D eigenvalue weighted by atomic mass is 35.5. The lowest BCUT2D eigenvalue weighted by atomic mass is 9.97. The van der Waals surface area contributed by atoms with Crippen molar-refractivity contribution in [1.82, 2.24) is 15.2 Å². The number of nitrogens with zero attached hydrogens (tertiary/aromatic N) is 2. The number of ether oxygens (including phenoxy) is 1. The molecular weight excluding hydrogens is 462 g/mol. The number of allylic oxidation sites excluding steroid dienone is 2. The highest BCUT2D eigenvalue weighted by Gasteiger charge is 2.20. The molecule has 1 atom stereocenters. The first-order valence-electron chi connectivity index (χ1n) is 11.5. The zero-order chi connectivity index (χ0) is 25.4. The lowest BCUT2D eigenvalue weighted by Crippen LogP contribution is -2.40. The van der Waals surface area contributed by atoms with Crippen LogP contribution in [0.5, 0.6) is 11.5 Å². The predicted octanol–water partition coefficient (Wildman–Crippen LogP) is 5.15. The van der Waals surface area contributed by atoms with Crippen LogP contribution in [0.2, 0.25) is 5.02 Å². The molecule has 1 unspecified atom stereocenters. The number of carbonyl (C=O) groups is 1. The second-order valence-corrected chi connectivity index (χ2v) is 9.26. The van der Waals surface area contributed by atoms with Gasteiger partial charge in [-0.3, -0.25) is 9.78 Å². The van der Waals surface area contributed by atoms with Crippen LogP contribution in [-0.2, 0) is 11.2 Å². The minimum atomic E-state index is -0.381. The lowest BCUT2D eigenvalue weighted by Gasteiger charge is -2.21. The first kappa shape index (κ1) is 26.3. The minimum absolute atomic E-state index is 0.0666. The third-order valence-electron chi connectivity index (χ3n) is 5.51. The van der Waals surface area contributed by atoms with Gasteiger partial charge in [-0.15, -0.1) is 0 Å². The predicted molar refractivity (Wildman–Crippen MR) is 142 cm³/mol. The highest BCUT2D eigenvalue weighted by molar-refractivity contribution is 6.35. The third-order valence-corrected chi connectivity index (χ3v) is 5.83. The monoisotopic (exact) mass is 493 g/mol. The van der Waals surface area contributed by atoms with Gasteiger partial charge in [-0.2, -0.15) is 0 Å². The Morgan fingerprint density at radius 1 is 1.17 bits per heavy atom. The van der Waals surface area contributed by atoms with Crippen LogP contribution in [-0.4, -0.2) is 54.2 Å². The number of hydrogen-bond acceptors (Lipinski definition) is 5. The van der Waals surface area contributed by atoms with E-state index in [1.165, 1.54) is 5.57 Å². The Balaban J connectivity index is 1.85. The van der Waals surface area contributed by atoms with Crippen LogP contribution < -0.4 is 10.1 Å². The van der Waals surface area contributed by atoms with Crippen LogP contribution in [0.1, 0.15) is 19.4 Å². The maximum absolute atomic E-state index is 12.8. The van der Waals surface area contributed by atoms with E-state index in [0.717, 1.165) is 12.1 Å². The Morgan fingerprint density at radius 3 is 2.63 bits per heavy atom. The lowest BCUT2D eigenvalue weighted by molar-refractivity contribution is -0.123. The number of likely N-dealkylation sites (N-methyl/N-ethyl adjacent to an activating group) is 1. The van der Waals surface area contributed by atoms with Crippen LogP contribution >= 0.6 is 11.6 Å². The molecule has 35 heavy (non-hydrogen) atoms. The highest BCUT2D eigenvalue weighted by Crippen LogP contribution is 2.34. The summed E-state index contributed by atoms with van der Waals surface area (Å²) in [6.07, 6.45) is 6.01. The molecule has 1 heterocycles. The molecule has 0 aliphatic heterocycles. The van der Waals surface area contributed by atoms with Crippen molar-refractivity contribution in [3.8, 4) is 11.5 Å². The van der Waals surface area contributed by atoms with Gasteiger partial charge in [-0.1, -0.05) is 53.1 Å². The summed E-state index contributed by atoms with van der Waals surface area (Å²) in [7, 11) is 4.04. The molecule has 0 fully saturated rings. The van der Waals surface area contributed by atoms with Crippen LogP contribution in [0.25, 0.3) is 10.9 Å². The molecule has 0 bridgehead atoms. The maximum atomic E-state index is 12.8. The zero-order valence-corrected chi connectivity index (χ0v) is 21.3. The summed E-state index contributed by atoms with van der Waals surface area (Å²) in [5.41, 5.74) is 3.17. The number of halogens is 1. The first-order valence-corrected chi connectivity index (χ1v) is 11.8. The SMILES string of the molecule is C/C(=C\C=C(/C)C(Cc1cc(Cl)c2cccnc2c1O)NC(=O)COc1ccccc1)CN(C)C. The molecule has 6 nitrogen and oxygen atoms in total. The van der Waals surface area contributed by atoms with E-state index in [0.29, 0.717) is 33.7 Å². The molecule has 3 aromatic rings. The van der Waals surface area contributed by atoms with Crippen LogP contribution in [0.15, 0.2) is 78.0 Å². The number of aromatic nitrogens is 1. The van der Waals surface area contributed by atoms with Crippen LogP contribution in [0, 0.1) is 0 Å². The number of phenols is 1. The van der Waals surface area contributed by atoms with E-state index in [-0.39, 0.29) is 24.3 Å². The summed E-state index contributed by atoms with van der Waals surface area (Å²) in [5, 5.41) is 15.1. The summed E-state index contributed by atoms with van der Waals surface area (Å²) < 4.78 is 5.61. The second-order valence-electron chi connectivity index (χ2n) is 8.85. The molecule has 3 rings (SSSR count). The van der Waals surface area contributed by atoms with E-state index < -0.39 is 0 Å². The van der Waals surface area contributed by atoms with Gasteiger partial charge in [-0.05, 0) is 58.3 Å². The molecule has 1 amide bonds. The van der Waals surface area contributed by atoms with Crippen LogP contribution in [0.3, 0.4) is 0 Å². The molecule has 0 spiro atoms.